The lowest BCUT2D eigenvalue weighted by atomic mass is 9.97. The fraction of sp³-hybridized carbons (Fsp3) is 0.368. The molecular formula is C19H23N3O3. The van der Waals surface area contributed by atoms with Crippen LogP contribution in [0.2, 0.25) is 0 Å². The van der Waals surface area contributed by atoms with Gasteiger partial charge in [0.2, 0.25) is 0 Å². The van der Waals surface area contributed by atoms with E-state index >= 15 is 0 Å². The van der Waals surface area contributed by atoms with E-state index in [0.29, 0.717) is 37.9 Å². The van der Waals surface area contributed by atoms with Gasteiger partial charge in [-0.05, 0) is 36.5 Å². The van der Waals surface area contributed by atoms with Crippen molar-refractivity contribution in [1.29, 1.82) is 0 Å². The summed E-state index contributed by atoms with van der Waals surface area (Å²) >= 11 is 0. The molecule has 2 N–H and O–H groups in total. The van der Waals surface area contributed by atoms with Crippen LogP contribution in [0.15, 0.2) is 48.7 Å². The van der Waals surface area contributed by atoms with Crippen LogP contribution in [-0.4, -0.2) is 41.5 Å². The Morgan fingerprint density at radius 1 is 1.12 bits per heavy atom. The van der Waals surface area contributed by atoms with Gasteiger partial charge in [-0.25, -0.2) is 4.79 Å². The molecule has 6 nitrogen and oxygen atoms in total. The van der Waals surface area contributed by atoms with Crippen LogP contribution in [0, 0.1) is 5.92 Å². The van der Waals surface area contributed by atoms with Gasteiger partial charge in [0.1, 0.15) is 12.3 Å². The average Bonchev–Trinajstić information content (AvgIpc) is 3.20. The average molecular weight is 341 g/mol. The smallest absolute Gasteiger partial charge is 0.410 e. The van der Waals surface area contributed by atoms with Crippen LogP contribution in [0.3, 0.4) is 0 Å². The highest BCUT2D eigenvalue weighted by Crippen LogP contribution is 2.17. The van der Waals surface area contributed by atoms with E-state index in [9.17, 15) is 9.59 Å². The van der Waals surface area contributed by atoms with Crippen LogP contribution in [0.1, 0.15) is 28.9 Å². The Labute approximate surface area is 147 Å². The Kier molecular flexibility index (Phi) is 5.72. The Morgan fingerprint density at radius 2 is 1.88 bits per heavy atom. The standard InChI is InChI=1S/C19H23N3O3/c23-18(17-7-4-10-20-17)21-13-15-8-11-22(12-9-15)19(24)25-14-16-5-2-1-3-6-16/h1-7,10,15,20H,8-9,11-14H2,(H,21,23). The molecule has 25 heavy (non-hydrogen) atoms. The van der Waals surface area contributed by atoms with Gasteiger partial charge in [0.15, 0.2) is 0 Å². The fourth-order valence-corrected chi connectivity index (χ4v) is 2.93. The lowest BCUT2D eigenvalue weighted by Gasteiger charge is -2.31. The molecule has 0 unspecified atom stereocenters. The summed E-state index contributed by atoms with van der Waals surface area (Å²) in [6.07, 6.45) is 3.20. The molecule has 2 heterocycles. The molecule has 0 atom stereocenters. The molecule has 0 saturated carbocycles. The molecule has 0 aliphatic carbocycles. The molecule has 3 rings (SSSR count). The second kappa shape index (κ2) is 8.37. The lowest BCUT2D eigenvalue weighted by molar-refractivity contribution is 0.0800. The molecule has 1 saturated heterocycles. The summed E-state index contributed by atoms with van der Waals surface area (Å²) in [6, 6.07) is 13.2. The molecule has 2 aromatic rings. The maximum absolute atomic E-state index is 12.1. The molecule has 1 aromatic carbocycles. The number of hydrogen-bond donors (Lipinski definition) is 2. The maximum atomic E-state index is 12.1. The molecule has 0 bridgehead atoms. The van der Waals surface area contributed by atoms with Crippen molar-refractivity contribution in [2.24, 2.45) is 5.92 Å². The number of hydrogen-bond acceptors (Lipinski definition) is 3. The van der Waals surface area contributed by atoms with E-state index in [1.165, 1.54) is 0 Å². The van der Waals surface area contributed by atoms with E-state index in [4.69, 9.17) is 4.74 Å². The number of likely N-dealkylation sites (tertiary alicyclic amines) is 1. The zero-order chi connectivity index (χ0) is 17.5. The number of benzene rings is 1. The number of carbonyl (C=O) groups excluding carboxylic acids is 2. The number of piperidine rings is 1. The predicted molar refractivity (Wildman–Crippen MR) is 94.0 cm³/mol. The normalized spacial score (nSPS) is 15.0. The number of nitrogens with zero attached hydrogens (tertiary/aromatic N) is 1. The second-order valence-corrected chi connectivity index (χ2v) is 6.26. The second-order valence-electron chi connectivity index (χ2n) is 6.26. The number of amides is 2. The van der Waals surface area contributed by atoms with Crippen molar-refractivity contribution < 1.29 is 14.3 Å². The number of aromatic amines is 1. The topological polar surface area (TPSA) is 74.4 Å². The third-order valence-corrected chi connectivity index (χ3v) is 4.47. The minimum absolute atomic E-state index is 0.0882. The number of H-pyrrole nitrogens is 1. The van der Waals surface area contributed by atoms with Gasteiger partial charge >= 0.3 is 6.09 Å². The zero-order valence-corrected chi connectivity index (χ0v) is 14.1. The van der Waals surface area contributed by atoms with Gasteiger partial charge in [-0.2, -0.15) is 0 Å². The number of rotatable bonds is 5. The molecule has 132 valence electrons. The van der Waals surface area contributed by atoms with E-state index in [0.717, 1.165) is 18.4 Å². The van der Waals surface area contributed by atoms with E-state index in [2.05, 4.69) is 10.3 Å². The Hall–Kier alpha value is -2.76. The van der Waals surface area contributed by atoms with Crippen LogP contribution >= 0.6 is 0 Å². The molecule has 1 aromatic heterocycles. The molecule has 1 aliphatic heterocycles. The highest BCUT2D eigenvalue weighted by atomic mass is 16.6. The molecule has 0 radical (unpaired) electrons. The SMILES string of the molecule is O=C(NCC1CCN(C(=O)OCc2ccccc2)CC1)c1ccc[nH]1. The van der Waals surface area contributed by atoms with E-state index in [-0.39, 0.29) is 12.0 Å². The van der Waals surface area contributed by atoms with Gasteiger partial charge in [-0.3, -0.25) is 4.79 Å². The Bertz CT molecular complexity index is 677. The zero-order valence-electron chi connectivity index (χ0n) is 14.1. The molecule has 6 heteroatoms. The third-order valence-electron chi connectivity index (χ3n) is 4.47. The van der Waals surface area contributed by atoms with Crippen molar-refractivity contribution in [3.63, 3.8) is 0 Å². The summed E-state index contributed by atoms with van der Waals surface area (Å²) < 4.78 is 5.36. The Morgan fingerprint density at radius 3 is 2.56 bits per heavy atom. The number of ether oxygens (including phenoxy) is 1. The summed E-state index contributed by atoms with van der Waals surface area (Å²) in [5, 5.41) is 2.94. The van der Waals surface area contributed by atoms with Gasteiger partial charge in [0.25, 0.3) is 5.91 Å². The van der Waals surface area contributed by atoms with Crippen molar-refractivity contribution in [1.82, 2.24) is 15.2 Å². The van der Waals surface area contributed by atoms with E-state index in [1.807, 2.05) is 30.3 Å². The van der Waals surface area contributed by atoms with Crippen LogP contribution in [-0.2, 0) is 11.3 Å². The van der Waals surface area contributed by atoms with Gasteiger partial charge < -0.3 is 19.9 Å². The monoisotopic (exact) mass is 341 g/mol. The van der Waals surface area contributed by atoms with Crippen molar-refractivity contribution in [2.45, 2.75) is 19.4 Å². The van der Waals surface area contributed by atoms with Crippen LogP contribution in [0.5, 0.6) is 0 Å². The maximum Gasteiger partial charge on any atom is 0.410 e. The summed E-state index contributed by atoms with van der Waals surface area (Å²) in [6.45, 7) is 2.25. The summed E-state index contributed by atoms with van der Waals surface area (Å²) in [4.78, 5) is 28.7. The Balaban J connectivity index is 1.36. The lowest BCUT2D eigenvalue weighted by Crippen LogP contribution is -2.41. The van der Waals surface area contributed by atoms with Gasteiger partial charge in [-0.15, -0.1) is 0 Å². The van der Waals surface area contributed by atoms with Crippen LogP contribution in [0.4, 0.5) is 4.79 Å². The van der Waals surface area contributed by atoms with Crippen molar-refractivity contribution >= 4 is 12.0 Å². The molecule has 2 amide bonds. The first-order valence-electron chi connectivity index (χ1n) is 8.59. The van der Waals surface area contributed by atoms with E-state index < -0.39 is 0 Å². The van der Waals surface area contributed by atoms with Gasteiger partial charge in [0.05, 0.1) is 0 Å². The molecule has 0 spiro atoms. The summed E-state index contributed by atoms with van der Waals surface area (Å²) in [7, 11) is 0. The van der Waals surface area contributed by atoms with Gasteiger partial charge in [0, 0.05) is 25.8 Å². The van der Waals surface area contributed by atoms with Crippen molar-refractivity contribution in [3.05, 3.63) is 59.9 Å². The van der Waals surface area contributed by atoms with E-state index in [1.54, 1.807) is 23.2 Å². The fourth-order valence-electron chi connectivity index (χ4n) is 2.93. The summed E-state index contributed by atoms with van der Waals surface area (Å²) in [5.41, 5.74) is 1.56. The first-order valence-corrected chi connectivity index (χ1v) is 8.59. The minimum atomic E-state index is -0.266. The molecule has 1 aliphatic rings. The molecule has 1 fully saturated rings. The van der Waals surface area contributed by atoms with Crippen LogP contribution in [0.25, 0.3) is 0 Å². The van der Waals surface area contributed by atoms with Gasteiger partial charge in [-0.1, -0.05) is 30.3 Å². The first-order chi connectivity index (χ1) is 12.2. The predicted octanol–water partition coefficient (Wildman–Crippen LogP) is 2.79. The minimum Gasteiger partial charge on any atom is -0.445 e. The quantitative estimate of drug-likeness (QED) is 0.878. The first kappa shape index (κ1) is 17.1. The highest BCUT2D eigenvalue weighted by molar-refractivity contribution is 5.92. The van der Waals surface area contributed by atoms with Crippen molar-refractivity contribution in [3.8, 4) is 0 Å². The van der Waals surface area contributed by atoms with Crippen molar-refractivity contribution in [2.75, 3.05) is 19.6 Å². The summed E-state index contributed by atoms with van der Waals surface area (Å²) in [5.74, 6) is 0.298. The number of aromatic nitrogens is 1. The molecular weight excluding hydrogens is 318 g/mol. The number of nitrogens with one attached hydrogen (secondary N) is 2. The number of carbonyl (C=O) groups is 2. The van der Waals surface area contributed by atoms with Crippen LogP contribution < -0.4 is 5.32 Å². The third kappa shape index (κ3) is 4.86. The highest BCUT2D eigenvalue weighted by Gasteiger charge is 2.24. The largest absolute Gasteiger partial charge is 0.445 e.